The van der Waals surface area contributed by atoms with Crippen LogP contribution in [0.5, 0.6) is 5.75 Å². The molecule has 1 aliphatic heterocycles. The molecule has 198 valence electrons. The number of imide groups is 1. The van der Waals surface area contributed by atoms with Crippen LogP contribution in [0, 0.1) is 6.92 Å². The number of benzene rings is 3. The van der Waals surface area contributed by atoms with E-state index >= 15 is 0 Å². The second-order valence-electron chi connectivity index (χ2n) is 9.42. The lowest BCUT2D eigenvalue weighted by Crippen LogP contribution is -2.32. The van der Waals surface area contributed by atoms with E-state index in [2.05, 4.69) is 5.32 Å². The van der Waals surface area contributed by atoms with Crippen molar-refractivity contribution in [1.82, 2.24) is 14.8 Å². The zero-order valence-corrected chi connectivity index (χ0v) is 22.6. The number of carbonyl (C=O) groups is 3. The number of ether oxygens (including phenoxy) is 1. The molecule has 0 aliphatic carbocycles. The molecule has 2 heterocycles. The number of aryl methyl sites for hydroxylation is 1. The van der Waals surface area contributed by atoms with Crippen LogP contribution in [0.2, 0.25) is 0 Å². The Hall–Kier alpha value is -4.30. The van der Waals surface area contributed by atoms with E-state index in [1.807, 2.05) is 103 Å². The van der Waals surface area contributed by atoms with Crippen LogP contribution < -0.4 is 10.1 Å². The zero-order chi connectivity index (χ0) is 27.4. The van der Waals surface area contributed by atoms with Crippen molar-refractivity contribution in [3.05, 3.63) is 107 Å². The quantitative estimate of drug-likeness (QED) is 0.266. The highest BCUT2D eigenvalue weighted by atomic mass is 32.2. The molecule has 3 amide bonds. The normalized spacial score (nSPS) is 15.2. The minimum atomic E-state index is -0.344. The van der Waals surface area contributed by atoms with Crippen molar-refractivity contribution in [2.45, 2.75) is 26.4 Å². The van der Waals surface area contributed by atoms with Gasteiger partial charge in [0.1, 0.15) is 18.9 Å². The second kappa shape index (κ2) is 11.6. The van der Waals surface area contributed by atoms with Gasteiger partial charge in [-0.05, 0) is 55.4 Å². The van der Waals surface area contributed by atoms with Gasteiger partial charge in [-0.2, -0.15) is 0 Å². The molecule has 4 aromatic rings. The smallest absolute Gasteiger partial charge is 0.293 e. The van der Waals surface area contributed by atoms with Crippen LogP contribution in [0.15, 0.2) is 90.0 Å². The molecule has 8 heteroatoms. The van der Waals surface area contributed by atoms with Crippen LogP contribution >= 0.6 is 11.8 Å². The van der Waals surface area contributed by atoms with Gasteiger partial charge < -0.3 is 14.6 Å². The fourth-order valence-corrected chi connectivity index (χ4v) is 5.37. The maximum absolute atomic E-state index is 13.1. The average molecular weight is 540 g/mol. The minimum Gasteiger partial charge on any atom is -0.492 e. The van der Waals surface area contributed by atoms with Gasteiger partial charge in [0, 0.05) is 22.7 Å². The number of para-hydroxylation sites is 1. The molecule has 1 aromatic heterocycles. The van der Waals surface area contributed by atoms with Gasteiger partial charge in [0.15, 0.2) is 0 Å². The number of hydrogen-bond acceptors (Lipinski definition) is 5. The Bertz CT molecular complexity index is 1540. The zero-order valence-electron chi connectivity index (χ0n) is 21.8. The molecule has 1 aliphatic rings. The Morgan fingerprint density at radius 1 is 1.00 bits per heavy atom. The molecule has 1 atom stereocenters. The van der Waals surface area contributed by atoms with Gasteiger partial charge in [-0.25, -0.2) is 0 Å². The Morgan fingerprint density at radius 2 is 1.72 bits per heavy atom. The molecular formula is C31H29N3O4S. The van der Waals surface area contributed by atoms with Crippen molar-refractivity contribution in [3.63, 3.8) is 0 Å². The molecule has 1 N–H and O–H groups in total. The standard InChI is InChI=1S/C31H29N3O4S/c1-21-12-14-25(15-13-21)38-17-16-34-30(36)28(39-31(34)37)18-24-19-33(27-11-7-6-10-26(24)27)20-29(35)32-22(2)23-8-4-3-5-9-23/h3-15,18-19,22H,16-17,20H2,1-2H3,(H,32,35)/b28-18-. The number of carbonyl (C=O) groups excluding carboxylic acids is 3. The molecule has 0 radical (unpaired) electrons. The molecule has 7 nitrogen and oxygen atoms in total. The molecule has 5 rings (SSSR count). The maximum atomic E-state index is 13.1. The van der Waals surface area contributed by atoms with Crippen molar-refractivity contribution >= 4 is 45.8 Å². The molecule has 0 saturated carbocycles. The van der Waals surface area contributed by atoms with Gasteiger partial charge in [0.05, 0.1) is 17.5 Å². The highest BCUT2D eigenvalue weighted by Gasteiger charge is 2.35. The predicted molar refractivity (Wildman–Crippen MR) is 154 cm³/mol. The van der Waals surface area contributed by atoms with Crippen LogP contribution in [-0.2, 0) is 16.1 Å². The fourth-order valence-electron chi connectivity index (χ4n) is 4.51. The molecule has 1 fully saturated rings. The Morgan fingerprint density at radius 3 is 2.49 bits per heavy atom. The van der Waals surface area contributed by atoms with Crippen LogP contribution in [0.4, 0.5) is 4.79 Å². The molecule has 1 saturated heterocycles. The van der Waals surface area contributed by atoms with E-state index < -0.39 is 0 Å². The van der Waals surface area contributed by atoms with E-state index in [0.29, 0.717) is 10.7 Å². The van der Waals surface area contributed by atoms with E-state index in [9.17, 15) is 14.4 Å². The van der Waals surface area contributed by atoms with Crippen molar-refractivity contribution in [1.29, 1.82) is 0 Å². The van der Waals surface area contributed by atoms with Crippen molar-refractivity contribution in [3.8, 4) is 5.75 Å². The Balaban J connectivity index is 1.29. The molecular weight excluding hydrogens is 510 g/mol. The Kier molecular flexibility index (Phi) is 7.84. The van der Waals surface area contributed by atoms with Crippen molar-refractivity contribution < 1.29 is 19.1 Å². The summed E-state index contributed by atoms with van der Waals surface area (Å²) in [6, 6.07) is 25.0. The summed E-state index contributed by atoms with van der Waals surface area (Å²) < 4.78 is 7.58. The highest BCUT2D eigenvalue weighted by Crippen LogP contribution is 2.34. The van der Waals surface area contributed by atoms with Gasteiger partial charge in [-0.15, -0.1) is 0 Å². The molecule has 0 bridgehead atoms. The van der Waals surface area contributed by atoms with E-state index in [4.69, 9.17) is 4.74 Å². The SMILES string of the molecule is Cc1ccc(OCCN2C(=O)S/C(=C\c3cn(CC(=O)NC(C)c4ccccc4)c4ccccc34)C2=O)cc1. The van der Waals surface area contributed by atoms with Gasteiger partial charge in [0.2, 0.25) is 5.91 Å². The van der Waals surface area contributed by atoms with Crippen LogP contribution in [0.25, 0.3) is 17.0 Å². The lowest BCUT2D eigenvalue weighted by molar-refractivity contribution is -0.123. The van der Waals surface area contributed by atoms with E-state index in [-0.39, 0.29) is 42.8 Å². The van der Waals surface area contributed by atoms with Gasteiger partial charge in [-0.3, -0.25) is 19.3 Å². The minimum absolute atomic E-state index is 0.118. The van der Waals surface area contributed by atoms with Crippen LogP contribution in [0.1, 0.15) is 29.7 Å². The van der Waals surface area contributed by atoms with E-state index in [1.165, 1.54) is 4.90 Å². The van der Waals surface area contributed by atoms with Crippen molar-refractivity contribution in [2.75, 3.05) is 13.2 Å². The first kappa shape index (κ1) is 26.3. The largest absolute Gasteiger partial charge is 0.492 e. The Labute approximate surface area is 231 Å². The number of nitrogens with one attached hydrogen (secondary N) is 1. The van der Waals surface area contributed by atoms with Crippen LogP contribution in [0.3, 0.4) is 0 Å². The molecule has 1 unspecified atom stereocenters. The summed E-state index contributed by atoms with van der Waals surface area (Å²) in [5.74, 6) is 0.231. The monoisotopic (exact) mass is 539 g/mol. The summed E-state index contributed by atoms with van der Waals surface area (Å²) in [7, 11) is 0. The first-order chi connectivity index (χ1) is 18.9. The number of nitrogens with zero attached hydrogens (tertiary/aromatic N) is 2. The summed E-state index contributed by atoms with van der Waals surface area (Å²) >= 11 is 0.917. The number of hydrogen-bond donors (Lipinski definition) is 1. The third-order valence-corrected chi connectivity index (χ3v) is 7.48. The van der Waals surface area contributed by atoms with Gasteiger partial charge in [0.25, 0.3) is 11.1 Å². The lowest BCUT2D eigenvalue weighted by atomic mass is 10.1. The summed E-state index contributed by atoms with van der Waals surface area (Å²) in [6.07, 6.45) is 3.58. The molecule has 39 heavy (non-hydrogen) atoms. The number of fused-ring (bicyclic) bond motifs is 1. The maximum Gasteiger partial charge on any atom is 0.293 e. The van der Waals surface area contributed by atoms with E-state index in [0.717, 1.165) is 39.4 Å². The first-order valence-corrected chi connectivity index (χ1v) is 13.6. The van der Waals surface area contributed by atoms with Gasteiger partial charge >= 0.3 is 0 Å². The first-order valence-electron chi connectivity index (χ1n) is 12.8. The lowest BCUT2D eigenvalue weighted by Gasteiger charge is -2.15. The summed E-state index contributed by atoms with van der Waals surface area (Å²) in [4.78, 5) is 40.1. The average Bonchev–Trinajstić information content (AvgIpc) is 3.41. The molecule has 3 aromatic carbocycles. The van der Waals surface area contributed by atoms with Gasteiger partial charge in [-0.1, -0.05) is 66.2 Å². The summed E-state index contributed by atoms with van der Waals surface area (Å²) in [5, 5.41) is 3.62. The number of aromatic nitrogens is 1. The highest BCUT2D eigenvalue weighted by molar-refractivity contribution is 8.18. The fraction of sp³-hybridized carbons (Fsp3) is 0.194. The van der Waals surface area contributed by atoms with Crippen molar-refractivity contribution in [2.24, 2.45) is 0 Å². The second-order valence-corrected chi connectivity index (χ2v) is 10.4. The summed E-state index contributed by atoms with van der Waals surface area (Å²) in [5.41, 5.74) is 3.80. The molecule has 0 spiro atoms. The number of thioether (sulfide) groups is 1. The topological polar surface area (TPSA) is 80.6 Å². The predicted octanol–water partition coefficient (Wildman–Crippen LogP) is 5.94. The summed E-state index contributed by atoms with van der Waals surface area (Å²) in [6.45, 7) is 4.45. The number of amides is 3. The number of rotatable bonds is 9. The third kappa shape index (κ3) is 6.07. The third-order valence-electron chi connectivity index (χ3n) is 6.58. The van der Waals surface area contributed by atoms with E-state index in [1.54, 1.807) is 6.08 Å². The van der Waals surface area contributed by atoms with Crippen LogP contribution in [-0.4, -0.2) is 39.7 Å².